The minimum Gasteiger partial charge on any atom is -0.464 e. The predicted molar refractivity (Wildman–Crippen MR) is 49.3 cm³/mol. The summed E-state index contributed by atoms with van der Waals surface area (Å²) in [6, 6.07) is -0.0208. The van der Waals surface area contributed by atoms with Crippen molar-refractivity contribution in [1.29, 1.82) is 0 Å². The fourth-order valence-corrected chi connectivity index (χ4v) is 1.64. The first-order chi connectivity index (χ1) is 6.36. The molecule has 1 aliphatic carbocycles. The highest BCUT2D eigenvalue weighted by atomic mass is 16.5. The topological polar surface area (TPSA) is 38.3 Å². The van der Waals surface area contributed by atoms with Crippen molar-refractivity contribution in [2.45, 2.75) is 38.1 Å². The third-order valence-corrected chi connectivity index (χ3v) is 2.75. The van der Waals surface area contributed by atoms with Gasteiger partial charge in [0.2, 0.25) is 0 Å². The van der Waals surface area contributed by atoms with Gasteiger partial charge in [-0.1, -0.05) is 6.42 Å². The van der Waals surface area contributed by atoms with Gasteiger partial charge in [0.05, 0.1) is 6.61 Å². The van der Waals surface area contributed by atoms with E-state index >= 15 is 0 Å². The van der Waals surface area contributed by atoms with Gasteiger partial charge in [0.15, 0.2) is 0 Å². The van der Waals surface area contributed by atoms with Crippen LogP contribution in [-0.4, -0.2) is 25.2 Å². The molecule has 74 valence electrons. The summed E-state index contributed by atoms with van der Waals surface area (Å²) < 4.78 is 5.20. The average molecular weight is 183 g/mol. The number of hydrogen-bond donors (Lipinski definition) is 1. The van der Waals surface area contributed by atoms with Gasteiger partial charge in [-0.3, -0.25) is 4.79 Å². The Kier molecular flexibility index (Phi) is 2.83. The first-order valence-electron chi connectivity index (χ1n) is 5.26. The minimum absolute atomic E-state index is 0.0208. The highest BCUT2D eigenvalue weighted by Crippen LogP contribution is 2.29. The number of esters is 1. The normalized spacial score (nSPS) is 28.5. The Morgan fingerprint density at radius 3 is 2.77 bits per heavy atom. The van der Waals surface area contributed by atoms with Crippen LogP contribution < -0.4 is 5.32 Å². The maximum Gasteiger partial charge on any atom is 0.323 e. The molecule has 0 aromatic heterocycles. The quantitative estimate of drug-likeness (QED) is 0.665. The van der Waals surface area contributed by atoms with Crippen LogP contribution in [0.5, 0.6) is 0 Å². The van der Waals surface area contributed by atoms with Crippen molar-refractivity contribution in [2.75, 3.05) is 13.2 Å². The van der Waals surface area contributed by atoms with Crippen LogP contribution >= 0.6 is 0 Å². The molecule has 1 aliphatic heterocycles. The lowest BCUT2D eigenvalue weighted by Crippen LogP contribution is -2.41. The summed E-state index contributed by atoms with van der Waals surface area (Å²) in [5.41, 5.74) is 0. The number of rotatable bonds is 3. The Morgan fingerprint density at radius 1 is 1.31 bits per heavy atom. The summed E-state index contributed by atoms with van der Waals surface area (Å²) in [6.07, 6.45) is 5.77. The summed E-state index contributed by atoms with van der Waals surface area (Å²) in [5.74, 6) is 0.638. The van der Waals surface area contributed by atoms with E-state index in [-0.39, 0.29) is 12.0 Å². The number of hydrogen-bond acceptors (Lipinski definition) is 3. The van der Waals surface area contributed by atoms with E-state index in [0.717, 1.165) is 19.4 Å². The summed E-state index contributed by atoms with van der Waals surface area (Å²) in [4.78, 5) is 11.4. The Morgan fingerprint density at radius 2 is 2.15 bits per heavy atom. The lowest BCUT2D eigenvalue weighted by atomic mass is 10.1. The molecule has 3 heteroatoms. The standard InChI is InChI=1S/C10H17NO2/c12-10(13-7-8-4-5-8)9-3-1-2-6-11-9/h8-9,11H,1-7H2/t9-/m1/s1. The van der Waals surface area contributed by atoms with E-state index in [1.165, 1.54) is 19.3 Å². The van der Waals surface area contributed by atoms with Crippen molar-refractivity contribution in [3.8, 4) is 0 Å². The van der Waals surface area contributed by atoms with Gasteiger partial charge in [-0.05, 0) is 38.1 Å². The van der Waals surface area contributed by atoms with Gasteiger partial charge in [-0.2, -0.15) is 0 Å². The number of piperidine rings is 1. The SMILES string of the molecule is O=C(OCC1CC1)[C@H]1CCCCN1. The molecule has 1 saturated heterocycles. The van der Waals surface area contributed by atoms with Crippen LogP contribution in [0.25, 0.3) is 0 Å². The van der Waals surface area contributed by atoms with Crippen LogP contribution in [0.15, 0.2) is 0 Å². The molecule has 3 nitrogen and oxygen atoms in total. The Balaban J connectivity index is 1.67. The summed E-state index contributed by atoms with van der Waals surface area (Å²) in [7, 11) is 0. The molecule has 1 N–H and O–H groups in total. The summed E-state index contributed by atoms with van der Waals surface area (Å²) in [6.45, 7) is 1.61. The van der Waals surface area contributed by atoms with Crippen LogP contribution in [0.2, 0.25) is 0 Å². The summed E-state index contributed by atoms with van der Waals surface area (Å²) >= 11 is 0. The molecule has 1 heterocycles. The molecular formula is C10H17NO2. The van der Waals surface area contributed by atoms with Crippen molar-refractivity contribution < 1.29 is 9.53 Å². The molecule has 1 atom stereocenters. The van der Waals surface area contributed by atoms with Crippen LogP contribution in [0.3, 0.4) is 0 Å². The lowest BCUT2D eigenvalue weighted by molar-refractivity contribution is -0.147. The molecule has 0 radical (unpaired) electrons. The Bertz CT molecular complexity index is 183. The molecule has 1 saturated carbocycles. The van der Waals surface area contributed by atoms with Gasteiger partial charge in [0, 0.05) is 0 Å². The molecule has 0 spiro atoms. The van der Waals surface area contributed by atoms with Crippen molar-refractivity contribution in [2.24, 2.45) is 5.92 Å². The fourth-order valence-electron chi connectivity index (χ4n) is 1.64. The molecule has 0 bridgehead atoms. The molecular weight excluding hydrogens is 166 g/mol. The third kappa shape index (κ3) is 2.69. The van der Waals surface area contributed by atoms with Crippen LogP contribution in [0, 0.1) is 5.92 Å². The average Bonchev–Trinajstić information content (AvgIpc) is 2.99. The van der Waals surface area contributed by atoms with Crippen LogP contribution in [0.4, 0.5) is 0 Å². The number of carbonyl (C=O) groups is 1. The highest BCUT2D eigenvalue weighted by Gasteiger charge is 2.26. The van der Waals surface area contributed by atoms with E-state index in [2.05, 4.69) is 5.32 Å². The number of carbonyl (C=O) groups excluding carboxylic acids is 1. The second kappa shape index (κ2) is 4.09. The van der Waals surface area contributed by atoms with E-state index in [0.29, 0.717) is 12.5 Å². The van der Waals surface area contributed by atoms with E-state index in [4.69, 9.17) is 4.74 Å². The van der Waals surface area contributed by atoms with Crippen molar-refractivity contribution in [3.05, 3.63) is 0 Å². The Hall–Kier alpha value is -0.570. The second-order valence-electron chi connectivity index (χ2n) is 4.08. The van der Waals surface area contributed by atoms with E-state index in [9.17, 15) is 4.79 Å². The molecule has 2 rings (SSSR count). The van der Waals surface area contributed by atoms with Crippen molar-refractivity contribution in [3.63, 3.8) is 0 Å². The zero-order chi connectivity index (χ0) is 9.10. The van der Waals surface area contributed by atoms with E-state index in [1.807, 2.05) is 0 Å². The van der Waals surface area contributed by atoms with Crippen molar-refractivity contribution in [1.82, 2.24) is 5.32 Å². The molecule has 2 aliphatic rings. The fraction of sp³-hybridized carbons (Fsp3) is 0.900. The van der Waals surface area contributed by atoms with E-state index in [1.54, 1.807) is 0 Å². The van der Waals surface area contributed by atoms with Crippen LogP contribution in [0.1, 0.15) is 32.1 Å². The van der Waals surface area contributed by atoms with E-state index < -0.39 is 0 Å². The first kappa shape index (κ1) is 9.00. The first-order valence-corrected chi connectivity index (χ1v) is 5.26. The number of ether oxygens (including phenoxy) is 1. The third-order valence-electron chi connectivity index (χ3n) is 2.75. The molecule has 0 amide bonds. The van der Waals surface area contributed by atoms with Crippen LogP contribution in [-0.2, 0) is 9.53 Å². The molecule has 0 unspecified atom stereocenters. The largest absolute Gasteiger partial charge is 0.464 e. The van der Waals surface area contributed by atoms with Gasteiger partial charge in [0.25, 0.3) is 0 Å². The number of nitrogens with one attached hydrogen (secondary N) is 1. The van der Waals surface area contributed by atoms with Gasteiger partial charge in [-0.15, -0.1) is 0 Å². The maximum absolute atomic E-state index is 11.4. The summed E-state index contributed by atoms with van der Waals surface area (Å²) in [5, 5.41) is 3.19. The molecule has 2 fully saturated rings. The second-order valence-corrected chi connectivity index (χ2v) is 4.08. The zero-order valence-electron chi connectivity index (χ0n) is 7.92. The van der Waals surface area contributed by atoms with Gasteiger partial charge in [0.1, 0.15) is 6.04 Å². The molecule has 0 aromatic rings. The van der Waals surface area contributed by atoms with Gasteiger partial charge >= 0.3 is 5.97 Å². The van der Waals surface area contributed by atoms with Gasteiger partial charge < -0.3 is 10.1 Å². The zero-order valence-corrected chi connectivity index (χ0v) is 7.92. The monoisotopic (exact) mass is 183 g/mol. The minimum atomic E-state index is -0.0356. The predicted octanol–water partition coefficient (Wildman–Crippen LogP) is 1.08. The molecule has 0 aromatic carbocycles. The van der Waals surface area contributed by atoms with Gasteiger partial charge in [-0.25, -0.2) is 0 Å². The Labute approximate surface area is 78.8 Å². The highest BCUT2D eigenvalue weighted by molar-refractivity contribution is 5.75. The van der Waals surface area contributed by atoms with Crippen molar-refractivity contribution >= 4 is 5.97 Å². The smallest absolute Gasteiger partial charge is 0.323 e. The maximum atomic E-state index is 11.4. The lowest BCUT2D eigenvalue weighted by Gasteiger charge is -2.21. The molecule has 13 heavy (non-hydrogen) atoms.